The first kappa shape index (κ1) is 22.2. The first-order valence-corrected chi connectivity index (χ1v) is 11.8. The minimum atomic E-state index is -4.58. The van der Waals surface area contributed by atoms with E-state index in [4.69, 9.17) is 0 Å². The van der Waals surface area contributed by atoms with Crippen molar-refractivity contribution in [1.29, 1.82) is 0 Å². The van der Waals surface area contributed by atoms with E-state index in [1.165, 1.54) is 30.3 Å². The van der Waals surface area contributed by atoms with Crippen molar-refractivity contribution in [2.24, 2.45) is 4.99 Å². The standard InChI is InChI=1S/C20H17F3N4O3S2/c1-11-14-7-8-15(20(21,22)23)26-19(14)31-17(11)18(28)25-12-4-2-5-13(10-12)32(29,30)27-16-6-3-9-24-16/h2,4-5,7-8,10H,3,6,9H2,1H3,(H,24,27)(H,25,28). The largest absolute Gasteiger partial charge is 0.433 e. The molecule has 0 saturated heterocycles. The number of benzene rings is 1. The summed E-state index contributed by atoms with van der Waals surface area (Å²) in [5.74, 6) is -0.173. The van der Waals surface area contributed by atoms with Crippen molar-refractivity contribution in [3.05, 3.63) is 52.5 Å². The van der Waals surface area contributed by atoms with Gasteiger partial charge in [0, 0.05) is 24.0 Å². The van der Waals surface area contributed by atoms with Crippen molar-refractivity contribution in [3.63, 3.8) is 0 Å². The third-order valence-electron chi connectivity index (χ3n) is 4.83. The van der Waals surface area contributed by atoms with Crippen molar-refractivity contribution >= 4 is 49.0 Å². The van der Waals surface area contributed by atoms with E-state index in [0.717, 1.165) is 23.8 Å². The number of hydrogen-bond acceptors (Lipinski definition) is 6. The molecule has 3 heterocycles. The van der Waals surface area contributed by atoms with E-state index in [0.29, 0.717) is 29.8 Å². The van der Waals surface area contributed by atoms with E-state index in [-0.39, 0.29) is 20.3 Å². The molecule has 12 heteroatoms. The highest BCUT2D eigenvalue weighted by Gasteiger charge is 2.33. The molecule has 0 fully saturated rings. The van der Waals surface area contributed by atoms with Crippen LogP contribution >= 0.6 is 11.3 Å². The molecule has 0 radical (unpaired) electrons. The van der Waals surface area contributed by atoms with Crippen LogP contribution in [0.4, 0.5) is 18.9 Å². The number of anilines is 1. The Bertz CT molecular complexity index is 1350. The van der Waals surface area contributed by atoms with Crippen LogP contribution < -0.4 is 10.0 Å². The van der Waals surface area contributed by atoms with Gasteiger partial charge in [-0.25, -0.2) is 13.4 Å². The Kier molecular flexibility index (Phi) is 5.67. The molecule has 4 rings (SSSR count). The number of pyridine rings is 1. The number of nitrogens with one attached hydrogen (secondary N) is 2. The summed E-state index contributed by atoms with van der Waals surface area (Å²) < 4.78 is 66.4. The van der Waals surface area contributed by atoms with Gasteiger partial charge >= 0.3 is 6.18 Å². The van der Waals surface area contributed by atoms with Crippen LogP contribution in [0.25, 0.3) is 10.2 Å². The number of aryl methyl sites for hydroxylation is 1. The minimum Gasteiger partial charge on any atom is -0.321 e. The maximum atomic E-state index is 12.9. The second-order valence-corrected chi connectivity index (χ2v) is 9.80. The van der Waals surface area contributed by atoms with Gasteiger partial charge in [0.1, 0.15) is 16.4 Å². The number of aromatic nitrogens is 1. The third-order valence-corrected chi connectivity index (χ3v) is 7.41. The molecule has 32 heavy (non-hydrogen) atoms. The maximum Gasteiger partial charge on any atom is 0.433 e. The number of halogens is 3. The molecular formula is C20H17F3N4O3S2. The zero-order valence-electron chi connectivity index (χ0n) is 16.7. The Morgan fingerprint density at radius 2 is 1.97 bits per heavy atom. The Hall–Kier alpha value is -2.99. The second kappa shape index (κ2) is 8.17. The van der Waals surface area contributed by atoms with E-state index >= 15 is 0 Å². The molecule has 7 nitrogen and oxygen atoms in total. The fourth-order valence-corrected chi connectivity index (χ4v) is 5.45. The Morgan fingerprint density at radius 1 is 1.19 bits per heavy atom. The average molecular weight is 483 g/mol. The lowest BCUT2D eigenvalue weighted by Gasteiger charge is -2.10. The van der Waals surface area contributed by atoms with Crippen LogP contribution in [0.3, 0.4) is 0 Å². The molecule has 0 bridgehead atoms. The van der Waals surface area contributed by atoms with E-state index < -0.39 is 27.8 Å². The number of amides is 1. The van der Waals surface area contributed by atoms with Crippen LogP contribution in [0.2, 0.25) is 0 Å². The van der Waals surface area contributed by atoms with Crippen LogP contribution in [0.5, 0.6) is 0 Å². The number of carbonyl (C=O) groups is 1. The quantitative estimate of drug-likeness (QED) is 0.578. The van der Waals surface area contributed by atoms with Crippen LogP contribution in [-0.2, 0) is 16.2 Å². The van der Waals surface area contributed by atoms with Crippen molar-refractivity contribution in [1.82, 2.24) is 9.71 Å². The smallest absolute Gasteiger partial charge is 0.321 e. The maximum absolute atomic E-state index is 12.9. The number of hydrogen-bond donors (Lipinski definition) is 2. The highest BCUT2D eigenvalue weighted by Crippen LogP contribution is 2.34. The molecule has 0 spiro atoms. The highest BCUT2D eigenvalue weighted by atomic mass is 32.2. The van der Waals surface area contributed by atoms with Crippen LogP contribution in [0.1, 0.15) is 33.8 Å². The molecule has 0 aliphatic carbocycles. The summed E-state index contributed by atoms with van der Waals surface area (Å²) in [7, 11) is -3.86. The van der Waals surface area contributed by atoms with E-state index in [1.807, 2.05) is 0 Å². The van der Waals surface area contributed by atoms with Gasteiger partial charge in [-0.2, -0.15) is 13.2 Å². The van der Waals surface area contributed by atoms with Gasteiger partial charge in [0.15, 0.2) is 0 Å². The van der Waals surface area contributed by atoms with Gasteiger partial charge in [0.2, 0.25) is 0 Å². The van der Waals surface area contributed by atoms with Crippen LogP contribution in [-0.4, -0.2) is 31.7 Å². The van der Waals surface area contributed by atoms with Gasteiger partial charge in [0.05, 0.1) is 9.77 Å². The van der Waals surface area contributed by atoms with Crippen molar-refractivity contribution < 1.29 is 26.4 Å². The molecular weight excluding hydrogens is 465 g/mol. The van der Waals surface area contributed by atoms with Crippen molar-refractivity contribution in [3.8, 4) is 0 Å². The SMILES string of the molecule is Cc1c(C(=O)Nc2cccc(S(=O)(=O)NC3=NCCC3)c2)sc2nc(C(F)(F)F)ccc12. The Labute approximate surface area is 185 Å². The molecule has 3 aromatic rings. The van der Waals surface area contributed by atoms with Gasteiger partial charge in [-0.05, 0) is 49.2 Å². The molecule has 2 N–H and O–H groups in total. The normalized spacial score (nSPS) is 14.4. The second-order valence-electron chi connectivity index (χ2n) is 7.12. The van der Waals surface area contributed by atoms with Gasteiger partial charge in [-0.3, -0.25) is 14.5 Å². The zero-order chi connectivity index (χ0) is 23.1. The fraction of sp³-hybridized carbons (Fsp3) is 0.250. The summed E-state index contributed by atoms with van der Waals surface area (Å²) in [5, 5.41) is 3.06. The van der Waals surface area contributed by atoms with Crippen molar-refractivity contribution in [2.45, 2.75) is 30.8 Å². The molecule has 1 aliphatic heterocycles. The van der Waals surface area contributed by atoms with Gasteiger partial charge in [-0.15, -0.1) is 11.3 Å². The van der Waals surface area contributed by atoms with E-state index in [1.54, 1.807) is 6.92 Å². The lowest BCUT2D eigenvalue weighted by atomic mass is 10.1. The summed E-state index contributed by atoms with van der Waals surface area (Å²) in [6, 6.07) is 7.86. The Morgan fingerprint density at radius 3 is 2.66 bits per heavy atom. The van der Waals surface area contributed by atoms with E-state index in [9.17, 15) is 26.4 Å². The molecule has 1 amide bonds. The van der Waals surface area contributed by atoms with Crippen LogP contribution in [0.15, 0.2) is 46.3 Å². The van der Waals surface area contributed by atoms with Gasteiger partial charge in [-0.1, -0.05) is 6.07 Å². The molecule has 0 saturated carbocycles. The molecule has 0 unspecified atom stereocenters. The van der Waals surface area contributed by atoms with Crippen LogP contribution in [0, 0.1) is 6.92 Å². The lowest BCUT2D eigenvalue weighted by molar-refractivity contribution is -0.140. The summed E-state index contributed by atoms with van der Waals surface area (Å²) in [6.45, 7) is 2.19. The Balaban J connectivity index is 1.58. The summed E-state index contributed by atoms with van der Waals surface area (Å²) in [6.07, 6.45) is -3.26. The summed E-state index contributed by atoms with van der Waals surface area (Å²) in [4.78, 5) is 20.8. The number of alkyl halides is 3. The fourth-order valence-electron chi connectivity index (χ4n) is 3.24. The summed E-state index contributed by atoms with van der Waals surface area (Å²) >= 11 is 0.843. The third kappa shape index (κ3) is 4.46. The average Bonchev–Trinajstić information content (AvgIpc) is 3.34. The van der Waals surface area contributed by atoms with E-state index in [2.05, 4.69) is 20.0 Å². The molecule has 2 aromatic heterocycles. The first-order chi connectivity index (χ1) is 15.0. The van der Waals surface area contributed by atoms with Crippen molar-refractivity contribution in [2.75, 3.05) is 11.9 Å². The molecule has 168 valence electrons. The minimum absolute atomic E-state index is 0.0468. The number of carbonyl (C=O) groups excluding carboxylic acids is 1. The number of fused-ring (bicyclic) bond motifs is 1. The number of sulfonamides is 1. The molecule has 1 aliphatic rings. The lowest BCUT2D eigenvalue weighted by Crippen LogP contribution is -2.29. The summed E-state index contributed by atoms with van der Waals surface area (Å²) in [5.41, 5.74) is -0.309. The number of aliphatic imine (C=N–C) groups is 1. The number of nitrogens with zero attached hydrogens (tertiary/aromatic N) is 2. The number of rotatable bonds is 4. The molecule has 1 aromatic carbocycles. The predicted molar refractivity (Wildman–Crippen MR) is 116 cm³/mol. The topological polar surface area (TPSA) is 101 Å². The zero-order valence-corrected chi connectivity index (χ0v) is 18.3. The highest BCUT2D eigenvalue weighted by molar-refractivity contribution is 7.90. The first-order valence-electron chi connectivity index (χ1n) is 9.49. The monoisotopic (exact) mass is 482 g/mol. The predicted octanol–water partition coefficient (Wildman–Crippen LogP) is 4.35. The number of amidine groups is 1. The number of thiophene rings is 1. The van der Waals surface area contributed by atoms with Gasteiger partial charge in [0.25, 0.3) is 15.9 Å². The van der Waals surface area contributed by atoms with Gasteiger partial charge < -0.3 is 5.32 Å². The molecule has 0 atom stereocenters.